The van der Waals surface area contributed by atoms with Gasteiger partial charge in [0.1, 0.15) is 0 Å². The van der Waals surface area contributed by atoms with E-state index < -0.39 is 7.14 Å². The summed E-state index contributed by atoms with van der Waals surface area (Å²) in [5.74, 6) is 0.555. The van der Waals surface area contributed by atoms with E-state index in [1.54, 1.807) is 11.3 Å². The van der Waals surface area contributed by atoms with Crippen LogP contribution in [0.1, 0.15) is 31.9 Å². The first-order chi connectivity index (χ1) is 9.89. The highest BCUT2D eigenvalue weighted by Gasteiger charge is 2.21. The minimum atomic E-state index is -1.88. The van der Waals surface area contributed by atoms with Gasteiger partial charge in [-0.05, 0) is 25.7 Å². The molecule has 1 aromatic heterocycles. The fraction of sp³-hybridized carbons (Fsp3) is 0.800. The summed E-state index contributed by atoms with van der Waals surface area (Å²) in [7, 11) is -1.88. The Bertz CT molecular complexity index is 491. The molecule has 1 aliphatic rings. The molecule has 2 rings (SSSR count). The predicted octanol–water partition coefficient (Wildman–Crippen LogP) is 3.40. The fourth-order valence-electron chi connectivity index (χ4n) is 2.40. The second-order valence-electron chi connectivity index (χ2n) is 6.49. The van der Waals surface area contributed by atoms with Gasteiger partial charge in [-0.1, -0.05) is 13.8 Å². The molecule has 0 aromatic carbocycles. The highest BCUT2D eigenvalue weighted by atomic mass is 32.1. The summed E-state index contributed by atoms with van der Waals surface area (Å²) in [6.07, 6.45) is 1.98. The molecule has 120 valence electrons. The van der Waals surface area contributed by atoms with Gasteiger partial charge in [0.15, 0.2) is 5.13 Å². The molecule has 0 spiro atoms. The van der Waals surface area contributed by atoms with E-state index in [1.165, 1.54) is 10.8 Å². The number of aromatic nitrogens is 1. The molecule has 0 N–H and O–H groups in total. The summed E-state index contributed by atoms with van der Waals surface area (Å²) in [5.41, 5.74) is 1.23. The summed E-state index contributed by atoms with van der Waals surface area (Å²) in [4.78, 5) is 9.62. The summed E-state index contributed by atoms with van der Waals surface area (Å²) >= 11 is 1.77. The quantitative estimate of drug-likeness (QED) is 0.750. The van der Waals surface area contributed by atoms with Crippen LogP contribution in [0.25, 0.3) is 0 Å². The number of nitrogens with zero attached hydrogens (tertiary/aromatic N) is 3. The zero-order valence-electron chi connectivity index (χ0n) is 13.7. The van der Waals surface area contributed by atoms with Crippen LogP contribution in [0.2, 0.25) is 0 Å². The lowest BCUT2D eigenvalue weighted by molar-refractivity contribution is 0.272. The van der Waals surface area contributed by atoms with Crippen molar-refractivity contribution in [2.24, 2.45) is 0 Å². The fourth-order valence-corrected chi connectivity index (χ4v) is 4.17. The number of hydrogen-bond donors (Lipinski definition) is 0. The molecule has 0 amide bonds. The molecule has 4 nitrogen and oxygen atoms in total. The van der Waals surface area contributed by atoms with E-state index in [1.807, 2.05) is 13.3 Å². The second-order valence-corrected chi connectivity index (χ2v) is 10.9. The van der Waals surface area contributed by atoms with Crippen LogP contribution >= 0.6 is 18.5 Å². The van der Waals surface area contributed by atoms with E-state index in [9.17, 15) is 4.57 Å². The number of rotatable bonds is 6. The number of hydrogen-bond acceptors (Lipinski definition) is 5. The highest BCUT2D eigenvalue weighted by molar-refractivity contribution is 7.62. The van der Waals surface area contributed by atoms with Crippen molar-refractivity contribution in [3.05, 3.63) is 11.1 Å². The van der Waals surface area contributed by atoms with Crippen molar-refractivity contribution >= 4 is 23.6 Å². The first-order valence-corrected chi connectivity index (χ1v) is 11.5. The van der Waals surface area contributed by atoms with Crippen molar-refractivity contribution in [2.45, 2.75) is 26.2 Å². The van der Waals surface area contributed by atoms with E-state index >= 15 is 0 Å². The van der Waals surface area contributed by atoms with Gasteiger partial charge in [-0.3, -0.25) is 4.90 Å². The Morgan fingerprint density at radius 1 is 1.33 bits per heavy atom. The smallest absolute Gasteiger partial charge is 0.185 e. The highest BCUT2D eigenvalue weighted by Crippen LogP contribution is 2.35. The van der Waals surface area contributed by atoms with Crippen molar-refractivity contribution in [3.8, 4) is 0 Å². The Balaban J connectivity index is 1.83. The first kappa shape index (κ1) is 17.0. The maximum absolute atomic E-state index is 11.8. The van der Waals surface area contributed by atoms with Crippen LogP contribution in [0.4, 0.5) is 5.13 Å². The van der Waals surface area contributed by atoms with Crippen molar-refractivity contribution < 1.29 is 4.57 Å². The standard InChI is InChI=1S/C15H28N3OPS/c1-5-13(2)14-12-21-15(16-14)18-8-6-17(7-9-18)10-11-20(3,4)19/h12-13H,5-11H2,1-4H3. The molecular formula is C15H28N3OPS. The summed E-state index contributed by atoms with van der Waals surface area (Å²) < 4.78 is 11.8. The Morgan fingerprint density at radius 3 is 2.57 bits per heavy atom. The van der Waals surface area contributed by atoms with Crippen LogP contribution < -0.4 is 4.90 Å². The number of piperazine rings is 1. The molecule has 6 heteroatoms. The Hall–Kier alpha value is -0.380. The molecular weight excluding hydrogens is 301 g/mol. The van der Waals surface area contributed by atoms with Gasteiger partial charge in [-0.15, -0.1) is 11.3 Å². The topological polar surface area (TPSA) is 36.4 Å². The van der Waals surface area contributed by atoms with Gasteiger partial charge in [0.2, 0.25) is 0 Å². The molecule has 1 aromatic rings. The van der Waals surface area contributed by atoms with Gasteiger partial charge in [0.25, 0.3) is 0 Å². The molecule has 1 aliphatic heterocycles. The van der Waals surface area contributed by atoms with Crippen LogP contribution in [0, 0.1) is 0 Å². The van der Waals surface area contributed by atoms with Gasteiger partial charge in [0.05, 0.1) is 12.8 Å². The van der Waals surface area contributed by atoms with Crippen molar-refractivity contribution in [2.75, 3.05) is 57.1 Å². The molecule has 0 saturated carbocycles. The zero-order chi connectivity index (χ0) is 15.5. The SMILES string of the molecule is CCC(C)c1csc(N2CCN(CCP(C)(C)=O)CC2)n1. The maximum atomic E-state index is 11.8. The third-order valence-electron chi connectivity index (χ3n) is 4.22. The Labute approximate surface area is 132 Å². The molecule has 0 radical (unpaired) electrons. The minimum absolute atomic E-state index is 0.555. The van der Waals surface area contributed by atoms with Crippen molar-refractivity contribution in [3.63, 3.8) is 0 Å². The summed E-state index contributed by atoms with van der Waals surface area (Å²) in [6, 6.07) is 0. The first-order valence-electron chi connectivity index (χ1n) is 7.86. The summed E-state index contributed by atoms with van der Waals surface area (Å²) in [6.45, 7) is 13.4. The molecule has 0 bridgehead atoms. The van der Waals surface area contributed by atoms with Crippen LogP contribution in [-0.2, 0) is 4.57 Å². The Kier molecular flexibility index (Phi) is 5.87. The van der Waals surface area contributed by atoms with E-state index in [4.69, 9.17) is 4.98 Å². The van der Waals surface area contributed by atoms with Crippen LogP contribution in [0.5, 0.6) is 0 Å². The van der Waals surface area contributed by atoms with Gasteiger partial charge in [-0.2, -0.15) is 0 Å². The van der Waals surface area contributed by atoms with E-state index in [-0.39, 0.29) is 0 Å². The molecule has 21 heavy (non-hydrogen) atoms. The molecule has 1 atom stereocenters. The van der Waals surface area contributed by atoms with Crippen LogP contribution in [0.3, 0.4) is 0 Å². The predicted molar refractivity (Wildman–Crippen MR) is 93.8 cm³/mol. The van der Waals surface area contributed by atoms with E-state index in [0.29, 0.717) is 5.92 Å². The van der Waals surface area contributed by atoms with Gasteiger partial charge in [-0.25, -0.2) is 4.98 Å². The normalized spacial score (nSPS) is 19.0. The lowest BCUT2D eigenvalue weighted by Crippen LogP contribution is -2.47. The van der Waals surface area contributed by atoms with Crippen LogP contribution in [-0.4, -0.2) is 62.1 Å². The van der Waals surface area contributed by atoms with Gasteiger partial charge < -0.3 is 9.46 Å². The van der Waals surface area contributed by atoms with E-state index in [2.05, 4.69) is 29.0 Å². The molecule has 2 heterocycles. The van der Waals surface area contributed by atoms with Crippen molar-refractivity contribution in [1.29, 1.82) is 0 Å². The second kappa shape index (κ2) is 7.26. The average Bonchev–Trinajstić information content (AvgIpc) is 2.94. The van der Waals surface area contributed by atoms with Gasteiger partial charge >= 0.3 is 0 Å². The zero-order valence-corrected chi connectivity index (χ0v) is 15.4. The lowest BCUT2D eigenvalue weighted by atomic mass is 10.1. The third kappa shape index (κ3) is 5.08. The summed E-state index contributed by atoms with van der Waals surface area (Å²) in [5, 5.41) is 3.38. The van der Waals surface area contributed by atoms with Crippen LogP contribution in [0.15, 0.2) is 5.38 Å². The van der Waals surface area contributed by atoms with Gasteiger partial charge in [0, 0.05) is 44.3 Å². The largest absolute Gasteiger partial charge is 0.346 e. The molecule has 1 unspecified atom stereocenters. The molecule has 1 saturated heterocycles. The lowest BCUT2D eigenvalue weighted by Gasteiger charge is -2.34. The van der Waals surface area contributed by atoms with Crippen molar-refractivity contribution in [1.82, 2.24) is 9.88 Å². The maximum Gasteiger partial charge on any atom is 0.185 e. The minimum Gasteiger partial charge on any atom is -0.346 e. The molecule has 0 aliphatic carbocycles. The average molecular weight is 329 g/mol. The third-order valence-corrected chi connectivity index (χ3v) is 6.42. The molecule has 1 fully saturated rings. The Morgan fingerprint density at radius 2 is 2.00 bits per heavy atom. The monoisotopic (exact) mass is 329 g/mol. The number of thiazole rings is 1. The van der Waals surface area contributed by atoms with E-state index in [0.717, 1.165) is 45.3 Å². The number of anilines is 1.